The molecule has 4 rings (SSSR count). The number of benzene rings is 2. The van der Waals surface area contributed by atoms with Crippen LogP contribution >= 0.6 is 11.6 Å². The molecule has 0 radical (unpaired) electrons. The lowest BCUT2D eigenvalue weighted by atomic mass is 10.2. The minimum Gasteiger partial charge on any atom is -0.493 e. The highest BCUT2D eigenvalue weighted by Crippen LogP contribution is 2.26. The number of methoxy groups -OCH3 is 1. The summed E-state index contributed by atoms with van der Waals surface area (Å²) in [4.78, 5) is 20.7. The van der Waals surface area contributed by atoms with Crippen LogP contribution in [0.5, 0.6) is 11.5 Å². The molecule has 0 spiro atoms. The number of carbonyl (C=O) groups is 1. The molecule has 1 aromatic heterocycles. The number of rotatable bonds is 6. The van der Waals surface area contributed by atoms with E-state index in [1.807, 2.05) is 29.2 Å². The lowest BCUT2D eigenvalue weighted by Crippen LogP contribution is -2.50. The zero-order valence-corrected chi connectivity index (χ0v) is 17.2. The Labute approximate surface area is 178 Å². The molecule has 0 N–H and O–H groups in total. The van der Waals surface area contributed by atoms with Crippen LogP contribution in [0, 0.1) is 0 Å². The van der Waals surface area contributed by atoms with Gasteiger partial charge in [-0.25, -0.2) is 0 Å². The summed E-state index contributed by atoms with van der Waals surface area (Å²) in [5.41, 5.74) is 0.830. The van der Waals surface area contributed by atoms with Gasteiger partial charge in [-0.3, -0.25) is 4.79 Å². The molecule has 2 heterocycles. The molecule has 0 saturated carbocycles. The fourth-order valence-corrected chi connectivity index (χ4v) is 3.30. The van der Waals surface area contributed by atoms with E-state index in [0.29, 0.717) is 54.5 Å². The van der Waals surface area contributed by atoms with Gasteiger partial charge in [-0.1, -0.05) is 28.9 Å². The smallest absolute Gasteiger partial charge is 0.324 e. The summed E-state index contributed by atoms with van der Waals surface area (Å²) in [5, 5.41) is 4.69. The van der Waals surface area contributed by atoms with Crippen molar-refractivity contribution in [2.24, 2.45) is 0 Å². The van der Waals surface area contributed by atoms with E-state index in [2.05, 4.69) is 10.1 Å². The maximum absolute atomic E-state index is 12.5. The topological polar surface area (TPSA) is 80.9 Å². The number of nitrogens with zero attached hydrogens (tertiary/aromatic N) is 4. The molecule has 1 amide bonds. The van der Waals surface area contributed by atoms with E-state index in [9.17, 15) is 4.79 Å². The summed E-state index contributed by atoms with van der Waals surface area (Å²) in [5.74, 6) is 1.58. The van der Waals surface area contributed by atoms with E-state index in [0.717, 1.165) is 5.56 Å². The number of para-hydroxylation sites is 2. The molecule has 156 valence electrons. The van der Waals surface area contributed by atoms with E-state index >= 15 is 0 Å². The van der Waals surface area contributed by atoms with Gasteiger partial charge in [-0.15, -0.1) is 0 Å². The molecule has 2 aromatic carbocycles. The summed E-state index contributed by atoms with van der Waals surface area (Å²) in [6.45, 7) is 2.26. The van der Waals surface area contributed by atoms with Crippen molar-refractivity contribution in [2.75, 3.05) is 44.8 Å². The second kappa shape index (κ2) is 9.04. The van der Waals surface area contributed by atoms with E-state index in [-0.39, 0.29) is 12.5 Å². The Hall–Kier alpha value is -3.26. The maximum atomic E-state index is 12.5. The molecule has 8 nitrogen and oxygen atoms in total. The van der Waals surface area contributed by atoms with Gasteiger partial charge in [0, 0.05) is 36.8 Å². The molecule has 0 aliphatic carbocycles. The molecule has 0 atom stereocenters. The highest BCUT2D eigenvalue weighted by molar-refractivity contribution is 6.30. The van der Waals surface area contributed by atoms with Crippen LogP contribution in [0.3, 0.4) is 0 Å². The van der Waals surface area contributed by atoms with E-state index in [4.69, 9.17) is 25.6 Å². The van der Waals surface area contributed by atoms with Crippen LogP contribution in [0.2, 0.25) is 5.02 Å². The van der Waals surface area contributed by atoms with Crippen molar-refractivity contribution >= 4 is 23.5 Å². The van der Waals surface area contributed by atoms with Crippen molar-refractivity contribution in [3.8, 4) is 22.9 Å². The number of anilines is 1. The number of hydrogen-bond donors (Lipinski definition) is 0. The highest BCUT2D eigenvalue weighted by atomic mass is 35.5. The van der Waals surface area contributed by atoms with Gasteiger partial charge >= 0.3 is 6.01 Å². The van der Waals surface area contributed by atoms with Crippen LogP contribution in [-0.4, -0.2) is 60.8 Å². The number of halogens is 1. The molecular weight excluding hydrogens is 408 g/mol. The third-order valence-electron chi connectivity index (χ3n) is 4.84. The van der Waals surface area contributed by atoms with Gasteiger partial charge in [0.1, 0.15) is 0 Å². The first-order valence-electron chi connectivity index (χ1n) is 9.52. The molecule has 1 aliphatic rings. The van der Waals surface area contributed by atoms with Crippen LogP contribution in [0.15, 0.2) is 53.1 Å². The van der Waals surface area contributed by atoms with Gasteiger partial charge in [-0.2, -0.15) is 4.98 Å². The van der Waals surface area contributed by atoms with Crippen molar-refractivity contribution in [1.82, 2.24) is 15.0 Å². The zero-order chi connectivity index (χ0) is 20.9. The molecule has 0 unspecified atom stereocenters. The summed E-state index contributed by atoms with van der Waals surface area (Å²) in [6, 6.07) is 14.9. The van der Waals surface area contributed by atoms with Crippen LogP contribution in [0.1, 0.15) is 0 Å². The van der Waals surface area contributed by atoms with Crippen LogP contribution in [-0.2, 0) is 4.79 Å². The first kappa shape index (κ1) is 20.0. The maximum Gasteiger partial charge on any atom is 0.324 e. The van der Waals surface area contributed by atoms with Gasteiger partial charge in [0.15, 0.2) is 18.1 Å². The molecule has 1 saturated heterocycles. The monoisotopic (exact) mass is 428 g/mol. The van der Waals surface area contributed by atoms with Gasteiger partial charge < -0.3 is 23.8 Å². The third-order valence-corrected chi connectivity index (χ3v) is 5.09. The number of aromatic nitrogens is 2. The summed E-state index contributed by atoms with van der Waals surface area (Å²) >= 11 is 5.92. The molecule has 1 aliphatic heterocycles. The number of carbonyl (C=O) groups excluding carboxylic acids is 1. The number of piperazine rings is 1. The van der Waals surface area contributed by atoms with E-state index < -0.39 is 0 Å². The summed E-state index contributed by atoms with van der Waals surface area (Å²) in [6.07, 6.45) is 0. The Morgan fingerprint density at radius 1 is 1.07 bits per heavy atom. The van der Waals surface area contributed by atoms with Crippen LogP contribution in [0.25, 0.3) is 11.4 Å². The molecule has 1 fully saturated rings. The van der Waals surface area contributed by atoms with Crippen molar-refractivity contribution in [3.63, 3.8) is 0 Å². The van der Waals surface area contributed by atoms with Crippen LogP contribution in [0.4, 0.5) is 6.01 Å². The molecule has 3 aromatic rings. The largest absolute Gasteiger partial charge is 0.493 e. The van der Waals surface area contributed by atoms with Gasteiger partial charge in [-0.05, 0) is 36.4 Å². The Kier molecular flexibility index (Phi) is 6.04. The first-order valence-corrected chi connectivity index (χ1v) is 9.90. The summed E-state index contributed by atoms with van der Waals surface area (Å²) < 4.78 is 16.3. The van der Waals surface area contributed by atoms with Crippen molar-refractivity contribution in [3.05, 3.63) is 53.6 Å². The lowest BCUT2D eigenvalue weighted by Gasteiger charge is -2.33. The van der Waals surface area contributed by atoms with Crippen molar-refractivity contribution in [1.29, 1.82) is 0 Å². The van der Waals surface area contributed by atoms with Crippen molar-refractivity contribution in [2.45, 2.75) is 0 Å². The normalized spacial score (nSPS) is 13.9. The van der Waals surface area contributed by atoms with Gasteiger partial charge in [0.2, 0.25) is 5.82 Å². The number of ether oxygens (including phenoxy) is 2. The fraction of sp³-hybridized carbons (Fsp3) is 0.286. The average Bonchev–Trinajstić information content (AvgIpc) is 3.28. The molecule has 0 bridgehead atoms. The van der Waals surface area contributed by atoms with Crippen molar-refractivity contribution < 1.29 is 18.8 Å². The molecule has 9 heteroatoms. The molecule has 30 heavy (non-hydrogen) atoms. The minimum atomic E-state index is -0.0760. The minimum absolute atomic E-state index is 0.0400. The predicted octanol–water partition coefficient (Wildman–Crippen LogP) is 3.13. The SMILES string of the molecule is COc1ccccc1OCC(=O)N1CCN(c2nc(-c3ccc(Cl)cc3)no2)CC1. The van der Waals surface area contributed by atoms with E-state index in [1.54, 1.807) is 36.3 Å². The predicted molar refractivity (Wildman–Crippen MR) is 112 cm³/mol. The number of amides is 1. The quantitative estimate of drug-likeness (QED) is 0.596. The van der Waals surface area contributed by atoms with Crippen LogP contribution < -0.4 is 14.4 Å². The average molecular weight is 429 g/mol. The van der Waals surface area contributed by atoms with Gasteiger partial charge in [0.05, 0.1) is 7.11 Å². The second-order valence-electron chi connectivity index (χ2n) is 6.71. The summed E-state index contributed by atoms with van der Waals surface area (Å²) in [7, 11) is 1.57. The highest BCUT2D eigenvalue weighted by Gasteiger charge is 2.25. The lowest BCUT2D eigenvalue weighted by molar-refractivity contribution is -0.133. The Balaban J connectivity index is 1.30. The Bertz CT molecular complexity index is 1000. The molecular formula is C21H21ClN4O4. The number of hydrogen-bond acceptors (Lipinski definition) is 7. The van der Waals surface area contributed by atoms with E-state index in [1.165, 1.54) is 0 Å². The third kappa shape index (κ3) is 4.49. The van der Waals surface area contributed by atoms with Gasteiger partial charge in [0.25, 0.3) is 5.91 Å². The zero-order valence-electron chi connectivity index (χ0n) is 16.5. The fourth-order valence-electron chi connectivity index (χ4n) is 3.18. The first-order chi connectivity index (χ1) is 14.6. The second-order valence-corrected chi connectivity index (χ2v) is 7.15. The Morgan fingerprint density at radius 2 is 1.77 bits per heavy atom. The Morgan fingerprint density at radius 3 is 2.47 bits per heavy atom. The standard InChI is InChI=1S/C21H21ClN4O4/c1-28-17-4-2-3-5-18(17)29-14-19(27)25-10-12-26(13-11-25)21-23-20(24-30-21)15-6-8-16(22)9-7-15/h2-9H,10-14H2,1H3.